The number of carbonyl (C=O) groups excluding carboxylic acids is 2. The zero-order valence-electron chi connectivity index (χ0n) is 13.9. The molecule has 0 radical (unpaired) electrons. The van der Waals surface area contributed by atoms with Crippen molar-refractivity contribution in [3.63, 3.8) is 0 Å². The molecule has 0 unspecified atom stereocenters. The SMILES string of the molecule is O=C(NCc1ccccc1OC(F)F)[C@@H]1CC(=O)N(Cc2ccco2)C1. The molecule has 1 saturated heterocycles. The fourth-order valence-corrected chi connectivity index (χ4v) is 2.88. The molecular weight excluding hydrogens is 346 g/mol. The number of likely N-dealkylation sites (tertiary alicyclic amines) is 1. The maximum absolute atomic E-state index is 12.4. The molecule has 2 amide bonds. The Morgan fingerprint density at radius 2 is 2.12 bits per heavy atom. The van der Waals surface area contributed by atoms with Crippen molar-refractivity contribution in [3.05, 3.63) is 54.0 Å². The number of halogens is 2. The van der Waals surface area contributed by atoms with E-state index in [0.717, 1.165) is 0 Å². The molecule has 0 saturated carbocycles. The highest BCUT2D eigenvalue weighted by Crippen LogP contribution is 2.22. The standard InChI is InChI=1S/C18H18F2N2O4/c19-18(20)26-15-6-2-1-4-12(15)9-21-17(24)13-8-16(23)22(10-13)11-14-5-3-7-25-14/h1-7,13,18H,8-11H2,(H,21,24)/t13-/m1/s1. The number of hydrogen-bond donors (Lipinski definition) is 1. The number of rotatable bonds is 7. The van der Waals surface area contributed by atoms with Crippen molar-refractivity contribution in [3.8, 4) is 5.75 Å². The summed E-state index contributed by atoms with van der Waals surface area (Å²) in [6.45, 7) is -2.28. The fraction of sp³-hybridized carbons (Fsp3) is 0.333. The van der Waals surface area contributed by atoms with Crippen LogP contribution in [0.25, 0.3) is 0 Å². The molecule has 138 valence electrons. The van der Waals surface area contributed by atoms with E-state index >= 15 is 0 Å². The van der Waals surface area contributed by atoms with E-state index in [0.29, 0.717) is 24.4 Å². The van der Waals surface area contributed by atoms with Crippen LogP contribution in [0.4, 0.5) is 8.78 Å². The molecule has 1 aromatic carbocycles. The number of ether oxygens (including phenoxy) is 1. The van der Waals surface area contributed by atoms with Crippen LogP contribution in [0.2, 0.25) is 0 Å². The van der Waals surface area contributed by atoms with Crippen LogP contribution in [0.3, 0.4) is 0 Å². The van der Waals surface area contributed by atoms with Gasteiger partial charge in [-0.05, 0) is 18.2 Å². The molecular formula is C18H18F2N2O4. The lowest BCUT2D eigenvalue weighted by Gasteiger charge is -2.15. The Bertz CT molecular complexity index is 764. The van der Waals surface area contributed by atoms with Gasteiger partial charge in [0.05, 0.1) is 18.7 Å². The first-order valence-corrected chi connectivity index (χ1v) is 8.13. The van der Waals surface area contributed by atoms with Gasteiger partial charge in [0.15, 0.2) is 0 Å². The molecule has 0 bridgehead atoms. The quantitative estimate of drug-likeness (QED) is 0.820. The summed E-state index contributed by atoms with van der Waals surface area (Å²) in [6.07, 6.45) is 1.64. The van der Waals surface area contributed by atoms with Crippen LogP contribution in [0.15, 0.2) is 47.1 Å². The second-order valence-electron chi connectivity index (χ2n) is 5.96. The monoisotopic (exact) mass is 364 g/mol. The molecule has 0 aliphatic carbocycles. The maximum atomic E-state index is 12.4. The van der Waals surface area contributed by atoms with E-state index in [4.69, 9.17) is 4.42 Å². The first kappa shape index (κ1) is 17.9. The van der Waals surface area contributed by atoms with E-state index < -0.39 is 12.5 Å². The van der Waals surface area contributed by atoms with Gasteiger partial charge in [-0.3, -0.25) is 9.59 Å². The average Bonchev–Trinajstić information content (AvgIpc) is 3.24. The second kappa shape index (κ2) is 7.99. The molecule has 0 spiro atoms. The van der Waals surface area contributed by atoms with Gasteiger partial charge < -0.3 is 19.4 Å². The van der Waals surface area contributed by atoms with E-state index in [-0.39, 0.29) is 30.5 Å². The zero-order valence-corrected chi connectivity index (χ0v) is 13.9. The van der Waals surface area contributed by atoms with Crippen LogP contribution in [0.1, 0.15) is 17.7 Å². The molecule has 1 atom stereocenters. The summed E-state index contributed by atoms with van der Waals surface area (Å²) in [5, 5.41) is 2.69. The molecule has 1 aromatic heterocycles. The molecule has 3 rings (SSSR count). The lowest BCUT2D eigenvalue weighted by atomic mass is 10.1. The van der Waals surface area contributed by atoms with Crippen molar-refractivity contribution in [2.24, 2.45) is 5.92 Å². The minimum Gasteiger partial charge on any atom is -0.467 e. The summed E-state index contributed by atoms with van der Waals surface area (Å²) in [7, 11) is 0. The van der Waals surface area contributed by atoms with Gasteiger partial charge in [0.2, 0.25) is 11.8 Å². The third kappa shape index (κ3) is 4.38. The smallest absolute Gasteiger partial charge is 0.387 e. The number of nitrogens with one attached hydrogen (secondary N) is 1. The van der Waals surface area contributed by atoms with E-state index in [1.807, 2.05) is 0 Å². The maximum Gasteiger partial charge on any atom is 0.387 e. The van der Waals surface area contributed by atoms with Crippen molar-refractivity contribution in [2.75, 3.05) is 6.54 Å². The molecule has 1 N–H and O–H groups in total. The van der Waals surface area contributed by atoms with Crippen LogP contribution >= 0.6 is 0 Å². The molecule has 2 heterocycles. The predicted octanol–water partition coefficient (Wildman–Crippen LogP) is 2.55. The lowest BCUT2D eigenvalue weighted by Crippen LogP contribution is -2.32. The Balaban J connectivity index is 1.55. The zero-order chi connectivity index (χ0) is 18.5. The summed E-state index contributed by atoms with van der Waals surface area (Å²) in [5.41, 5.74) is 0.443. The van der Waals surface area contributed by atoms with Crippen LogP contribution in [-0.4, -0.2) is 29.9 Å². The summed E-state index contributed by atoms with van der Waals surface area (Å²) >= 11 is 0. The first-order valence-electron chi connectivity index (χ1n) is 8.13. The van der Waals surface area contributed by atoms with E-state index in [1.165, 1.54) is 12.3 Å². The van der Waals surface area contributed by atoms with Crippen molar-refractivity contribution in [2.45, 2.75) is 26.1 Å². The molecule has 1 fully saturated rings. The van der Waals surface area contributed by atoms with Crippen LogP contribution in [0, 0.1) is 5.92 Å². The van der Waals surface area contributed by atoms with Crippen molar-refractivity contribution >= 4 is 11.8 Å². The lowest BCUT2D eigenvalue weighted by molar-refractivity contribution is -0.129. The van der Waals surface area contributed by atoms with Crippen LogP contribution in [0.5, 0.6) is 5.75 Å². The number of amides is 2. The fourth-order valence-electron chi connectivity index (χ4n) is 2.88. The van der Waals surface area contributed by atoms with Crippen molar-refractivity contribution in [1.29, 1.82) is 0 Å². The van der Waals surface area contributed by atoms with Crippen molar-refractivity contribution in [1.82, 2.24) is 10.2 Å². The topological polar surface area (TPSA) is 71.8 Å². The van der Waals surface area contributed by atoms with Crippen molar-refractivity contribution < 1.29 is 27.5 Å². The van der Waals surface area contributed by atoms with Gasteiger partial charge in [-0.1, -0.05) is 18.2 Å². The van der Waals surface area contributed by atoms with E-state index in [9.17, 15) is 18.4 Å². The highest BCUT2D eigenvalue weighted by Gasteiger charge is 2.34. The van der Waals surface area contributed by atoms with Gasteiger partial charge in [0.25, 0.3) is 0 Å². The predicted molar refractivity (Wildman–Crippen MR) is 87.2 cm³/mol. The normalized spacial score (nSPS) is 17.0. The third-order valence-electron chi connectivity index (χ3n) is 4.15. The summed E-state index contributed by atoms with van der Waals surface area (Å²) < 4.78 is 34.5. The Kier molecular flexibility index (Phi) is 5.50. The van der Waals surface area contributed by atoms with Gasteiger partial charge in [0.1, 0.15) is 11.5 Å². The number of alkyl halides is 2. The highest BCUT2D eigenvalue weighted by molar-refractivity contribution is 5.89. The highest BCUT2D eigenvalue weighted by atomic mass is 19.3. The summed E-state index contributed by atoms with van der Waals surface area (Å²) in [5.74, 6) is -0.238. The molecule has 26 heavy (non-hydrogen) atoms. The van der Waals surface area contributed by atoms with Gasteiger partial charge >= 0.3 is 6.61 Å². The van der Waals surface area contributed by atoms with Gasteiger partial charge in [-0.15, -0.1) is 0 Å². The number of furan rings is 1. The Morgan fingerprint density at radius 1 is 1.31 bits per heavy atom. The Hall–Kier alpha value is -2.90. The molecule has 8 heteroatoms. The number of nitrogens with zero attached hydrogens (tertiary/aromatic N) is 1. The number of benzene rings is 1. The number of carbonyl (C=O) groups is 2. The van der Waals surface area contributed by atoms with Gasteiger partial charge in [-0.25, -0.2) is 0 Å². The van der Waals surface area contributed by atoms with E-state index in [2.05, 4.69) is 10.1 Å². The van der Waals surface area contributed by atoms with Gasteiger partial charge in [-0.2, -0.15) is 8.78 Å². The molecule has 1 aliphatic heterocycles. The molecule has 1 aliphatic rings. The number of para-hydroxylation sites is 1. The first-order chi connectivity index (χ1) is 12.5. The average molecular weight is 364 g/mol. The molecule has 2 aromatic rings. The number of hydrogen-bond acceptors (Lipinski definition) is 4. The van der Waals surface area contributed by atoms with Crippen LogP contribution in [-0.2, 0) is 22.7 Å². The Labute approximate surface area is 148 Å². The van der Waals surface area contributed by atoms with Gasteiger partial charge in [0, 0.05) is 25.1 Å². The summed E-state index contributed by atoms with van der Waals surface area (Å²) in [6, 6.07) is 9.76. The largest absolute Gasteiger partial charge is 0.467 e. The summed E-state index contributed by atoms with van der Waals surface area (Å²) in [4.78, 5) is 26.0. The minimum atomic E-state index is -2.94. The van der Waals surface area contributed by atoms with E-state index in [1.54, 1.807) is 35.2 Å². The second-order valence-corrected chi connectivity index (χ2v) is 5.96. The Morgan fingerprint density at radius 3 is 2.85 bits per heavy atom. The molecule has 6 nitrogen and oxygen atoms in total. The minimum absolute atomic E-state index is 0.0183. The third-order valence-corrected chi connectivity index (χ3v) is 4.15. The van der Waals surface area contributed by atoms with Crippen LogP contribution < -0.4 is 10.1 Å².